The van der Waals surface area contributed by atoms with E-state index in [-0.39, 0.29) is 5.78 Å². The van der Waals surface area contributed by atoms with Gasteiger partial charge in [0.2, 0.25) is 5.82 Å². The number of tetrazole rings is 1. The zero-order chi connectivity index (χ0) is 17.2. The van der Waals surface area contributed by atoms with Crippen molar-refractivity contribution in [1.29, 1.82) is 0 Å². The molecule has 0 saturated heterocycles. The summed E-state index contributed by atoms with van der Waals surface area (Å²) in [5.74, 6) is 1.43. The Bertz CT molecular complexity index is 884. The number of Topliss-reactive ketones (excluding diaryl/α,β-unsaturated/α-hetero) is 1. The molecule has 0 amide bonds. The molecule has 1 aliphatic carbocycles. The van der Waals surface area contributed by atoms with E-state index in [9.17, 15) is 4.79 Å². The first-order valence-electron chi connectivity index (χ1n) is 8.37. The van der Waals surface area contributed by atoms with Gasteiger partial charge in [-0.3, -0.25) is 9.78 Å². The Morgan fingerprint density at radius 3 is 3.04 bits per heavy atom. The van der Waals surface area contributed by atoms with Gasteiger partial charge in [0.05, 0.1) is 10.6 Å². The second-order valence-corrected chi connectivity index (χ2v) is 7.35. The molecule has 0 atom stereocenters. The largest absolute Gasteiger partial charge is 0.293 e. The summed E-state index contributed by atoms with van der Waals surface area (Å²) in [6.45, 7) is 2.69. The summed E-state index contributed by atoms with van der Waals surface area (Å²) in [6.07, 6.45) is 7.11. The molecule has 0 bridgehead atoms. The van der Waals surface area contributed by atoms with Crippen molar-refractivity contribution in [3.05, 3.63) is 40.7 Å². The van der Waals surface area contributed by atoms with Crippen molar-refractivity contribution < 1.29 is 4.79 Å². The molecule has 0 unspecified atom stereocenters. The van der Waals surface area contributed by atoms with Gasteiger partial charge in [-0.2, -0.15) is 0 Å². The van der Waals surface area contributed by atoms with E-state index in [4.69, 9.17) is 0 Å². The quantitative estimate of drug-likeness (QED) is 0.606. The normalized spacial score (nSPS) is 14.0. The Morgan fingerprint density at radius 1 is 1.40 bits per heavy atom. The lowest BCUT2D eigenvalue weighted by Gasteiger charge is -2.00. The number of hydrogen-bond acceptors (Lipinski definition) is 7. The van der Waals surface area contributed by atoms with Crippen molar-refractivity contribution in [2.45, 2.75) is 39.2 Å². The number of aryl methyl sites for hydroxylation is 2. The molecule has 1 aliphatic rings. The van der Waals surface area contributed by atoms with Crippen LogP contribution in [0.25, 0.3) is 10.8 Å². The Morgan fingerprint density at radius 2 is 2.28 bits per heavy atom. The van der Waals surface area contributed by atoms with Crippen molar-refractivity contribution >= 4 is 17.1 Å². The van der Waals surface area contributed by atoms with Crippen LogP contribution >= 0.6 is 11.3 Å². The van der Waals surface area contributed by atoms with Crippen LogP contribution in [0.5, 0.6) is 0 Å². The van der Waals surface area contributed by atoms with E-state index in [2.05, 4.69) is 25.5 Å². The summed E-state index contributed by atoms with van der Waals surface area (Å²) in [5, 5.41) is 12.7. The molecule has 4 rings (SSSR count). The fourth-order valence-electron chi connectivity index (χ4n) is 2.69. The molecule has 0 aromatic carbocycles. The fraction of sp³-hybridized carbons (Fsp3) is 0.412. The minimum Gasteiger partial charge on any atom is -0.293 e. The maximum Gasteiger partial charge on any atom is 0.211 e. The third kappa shape index (κ3) is 3.63. The molecule has 3 heterocycles. The predicted molar refractivity (Wildman–Crippen MR) is 93.3 cm³/mol. The first-order chi connectivity index (χ1) is 12.2. The van der Waals surface area contributed by atoms with Gasteiger partial charge < -0.3 is 0 Å². The lowest BCUT2D eigenvalue weighted by molar-refractivity contribution is 0.0986. The molecular weight excluding hydrogens is 336 g/mol. The van der Waals surface area contributed by atoms with Crippen LogP contribution in [-0.4, -0.2) is 36.0 Å². The van der Waals surface area contributed by atoms with E-state index < -0.39 is 0 Å². The molecule has 1 fully saturated rings. The number of carbonyl (C=O) groups is 1. The Balaban J connectivity index is 1.50. The van der Waals surface area contributed by atoms with Crippen LogP contribution in [0.3, 0.4) is 0 Å². The summed E-state index contributed by atoms with van der Waals surface area (Å²) >= 11 is 1.38. The van der Waals surface area contributed by atoms with Crippen molar-refractivity contribution in [2.75, 3.05) is 0 Å². The fourth-order valence-corrected chi connectivity index (χ4v) is 3.72. The molecule has 0 N–H and O–H groups in total. The average Bonchev–Trinajstić information content (AvgIpc) is 3.17. The van der Waals surface area contributed by atoms with Crippen molar-refractivity contribution in [2.24, 2.45) is 5.92 Å². The summed E-state index contributed by atoms with van der Waals surface area (Å²) in [6, 6.07) is 3.87. The monoisotopic (exact) mass is 354 g/mol. The molecule has 1 saturated carbocycles. The first kappa shape index (κ1) is 16.0. The minimum absolute atomic E-state index is 0.103. The molecular formula is C17H18N6OS. The van der Waals surface area contributed by atoms with Crippen LogP contribution in [0.4, 0.5) is 0 Å². The van der Waals surface area contributed by atoms with Crippen LogP contribution in [0.1, 0.15) is 40.2 Å². The van der Waals surface area contributed by atoms with Crippen molar-refractivity contribution in [3.63, 3.8) is 0 Å². The highest BCUT2D eigenvalue weighted by Gasteiger charge is 2.26. The molecule has 25 heavy (non-hydrogen) atoms. The lowest BCUT2D eigenvalue weighted by Crippen LogP contribution is -2.04. The molecule has 0 spiro atoms. The average molecular weight is 354 g/mol. The maximum atomic E-state index is 12.6. The zero-order valence-electron chi connectivity index (χ0n) is 13.9. The SMILES string of the molecule is Cc1nc(-c2nnnn2CC2CC2)sc1C(=O)CCc1cccnc1. The third-order valence-electron chi connectivity index (χ3n) is 4.26. The summed E-state index contributed by atoms with van der Waals surface area (Å²) in [4.78, 5) is 21.9. The highest BCUT2D eigenvalue weighted by molar-refractivity contribution is 7.17. The molecule has 7 nitrogen and oxygen atoms in total. The Labute approximate surface area is 149 Å². The molecule has 128 valence electrons. The number of carbonyl (C=O) groups excluding carboxylic acids is 1. The number of rotatable bonds is 7. The standard InChI is InChI=1S/C17H18N6OS/c1-11-15(14(24)7-6-12-3-2-8-18-9-12)25-17(19-11)16-20-21-22-23(16)10-13-4-5-13/h2-3,8-9,13H,4-7,10H2,1H3. The van der Waals surface area contributed by atoms with E-state index in [1.165, 1.54) is 24.2 Å². The lowest BCUT2D eigenvalue weighted by atomic mass is 10.1. The van der Waals surface area contributed by atoms with E-state index >= 15 is 0 Å². The number of nitrogens with zero attached hydrogens (tertiary/aromatic N) is 6. The van der Waals surface area contributed by atoms with Crippen LogP contribution < -0.4 is 0 Å². The van der Waals surface area contributed by atoms with Gasteiger partial charge in [-0.05, 0) is 54.2 Å². The first-order valence-corrected chi connectivity index (χ1v) is 9.18. The second kappa shape index (κ2) is 6.79. The Kier molecular flexibility index (Phi) is 4.35. The molecule has 3 aromatic rings. The maximum absolute atomic E-state index is 12.6. The van der Waals surface area contributed by atoms with E-state index in [1.54, 1.807) is 17.1 Å². The Hall–Kier alpha value is -2.48. The van der Waals surface area contributed by atoms with Crippen LogP contribution in [0.15, 0.2) is 24.5 Å². The van der Waals surface area contributed by atoms with Gasteiger partial charge in [-0.25, -0.2) is 9.67 Å². The van der Waals surface area contributed by atoms with Gasteiger partial charge in [-0.1, -0.05) is 6.07 Å². The molecule has 0 radical (unpaired) electrons. The molecule has 8 heteroatoms. The number of aromatic nitrogens is 6. The van der Waals surface area contributed by atoms with Gasteiger partial charge in [0.1, 0.15) is 0 Å². The summed E-state index contributed by atoms with van der Waals surface area (Å²) in [5.41, 5.74) is 1.81. The second-order valence-electron chi connectivity index (χ2n) is 6.35. The topological polar surface area (TPSA) is 86.5 Å². The minimum atomic E-state index is 0.103. The highest BCUT2D eigenvalue weighted by Crippen LogP contribution is 2.33. The van der Waals surface area contributed by atoms with Gasteiger partial charge in [-0.15, -0.1) is 16.4 Å². The van der Waals surface area contributed by atoms with E-state index in [1.807, 2.05) is 19.1 Å². The van der Waals surface area contributed by atoms with Gasteiger partial charge >= 0.3 is 0 Å². The van der Waals surface area contributed by atoms with Crippen LogP contribution in [0.2, 0.25) is 0 Å². The summed E-state index contributed by atoms with van der Waals surface area (Å²) in [7, 11) is 0. The number of pyridine rings is 1. The van der Waals surface area contributed by atoms with Crippen molar-refractivity contribution in [1.82, 2.24) is 30.2 Å². The van der Waals surface area contributed by atoms with Gasteiger partial charge in [0.25, 0.3) is 0 Å². The van der Waals surface area contributed by atoms with Gasteiger partial charge in [0.15, 0.2) is 10.8 Å². The molecule has 3 aromatic heterocycles. The third-order valence-corrected chi connectivity index (χ3v) is 5.46. The smallest absolute Gasteiger partial charge is 0.211 e. The molecule has 0 aliphatic heterocycles. The van der Waals surface area contributed by atoms with E-state index in [0.717, 1.165) is 17.8 Å². The number of hydrogen-bond donors (Lipinski definition) is 0. The van der Waals surface area contributed by atoms with Crippen molar-refractivity contribution in [3.8, 4) is 10.8 Å². The van der Waals surface area contributed by atoms with Crippen LogP contribution in [0, 0.1) is 12.8 Å². The highest BCUT2D eigenvalue weighted by atomic mass is 32.1. The predicted octanol–water partition coefficient (Wildman–Crippen LogP) is 2.73. The van der Waals surface area contributed by atoms with Gasteiger partial charge in [0, 0.05) is 25.4 Å². The zero-order valence-corrected chi connectivity index (χ0v) is 14.7. The number of ketones is 1. The van der Waals surface area contributed by atoms with E-state index in [0.29, 0.717) is 34.5 Å². The number of thiazole rings is 1. The van der Waals surface area contributed by atoms with Crippen LogP contribution in [-0.2, 0) is 13.0 Å². The summed E-state index contributed by atoms with van der Waals surface area (Å²) < 4.78 is 1.81.